The van der Waals surface area contributed by atoms with E-state index in [9.17, 15) is 4.79 Å². The number of carbonyl (C=O) groups excluding carboxylic acids is 1. The van der Waals surface area contributed by atoms with Gasteiger partial charge in [0.2, 0.25) is 0 Å². The van der Waals surface area contributed by atoms with E-state index in [2.05, 4.69) is 20.5 Å². The van der Waals surface area contributed by atoms with Gasteiger partial charge in [0.25, 0.3) is 5.91 Å². The summed E-state index contributed by atoms with van der Waals surface area (Å²) in [5.41, 5.74) is 4.58. The minimum absolute atomic E-state index is 0.267. The molecule has 0 aliphatic carbocycles. The number of anilines is 2. The van der Waals surface area contributed by atoms with Crippen molar-refractivity contribution in [1.29, 1.82) is 0 Å². The van der Waals surface area contributed by atoms with Crippen LogP contribution in [0.3, 0.4) is 0 Å². The summed E-state index contributed by atoms with van der Waals surface area (Å²) in [6, 6.07) is 13.3. The Hall–Kier alpha value is -3.28. The fourth-order valence-corrected chi connectivity index (χ4v) is 2.63. The number of nitrogens with zero attached hydrogens (tertiary/aromatic N) is 4. The van der Waals surface area contributed by atoms with Crippen LogP contribution in [0.2, 0.25) is 0 Å². The van der Waals surface area contributed by atoms with Crippen LogP contribution in [-0.4, -0.2) is 34.7 Å². The highest BCUT2D eigenvalue weighted by Gasteiger charge is 2.11. The van der Waals surface area contributed by atoms with Crippen molar-refractivity contribution in [2.24, 2.45) is 0 Å². The predicted octanol–water partition coefficient (Wildman–Crippen LogP) is 3.42. The Morgan fingerprint density at radius 1 is 1.00 bits per heavy atom. The fourth-order valence-electron chi connectivity index (χ4n) is 2.63. The first-order valence-corrected chi connectivity index (χ1v) is 8.85. The van der Waals surface area contributed by atoms with E-state index in [0.29, 0.717) is 5.69 Å². The van der Waals surface area contributed by atoms with Crippen molar-refractivity contribution in [3.63, 3.8) is 0 Å². The lowest BCUT2D eigenvalue weighted by atomic mass is 10.1. The molecule has 0 saturated carbocycles. The number of hydrogen-bond donors (Lipinski definition) is 1. The topological polar surface area (TPSA) is 71.0 Å². The number of nitrogens with one attached hydrogen (secondary N) is 1. The normalized spacial score (nSPS) is 10.5. The summed E-state index contributed by atoms with van der Waals surface area (Å²) in [7, 11) is 1.96. The highest BCUT2D eigenvalue weighted by Crippen LogP contribution is 2.15. The van der Waals surface area contributed by atoms with Gasteiger partial charge in [-0.1, -0.05) is 6.07 Å². The van der Waals surface area contributed by atoms with Crippen molar-refractivity contribution in [3.8, 4) is 0 Å². The quantitative estimate of drug-likeness (QED) is 0.728. The molecular formula is C21H23N5O. The zero-order chi connectivity index (χ0) is 19.2. The van der Waals surface area contributed by atoms with Gasteiger partial charge in [-0.05, 0) is 73.4 Å². The van der Waals surface area contributed by atoms with Crippen molar-refractivity contribution in [2.45, 2.75) is 20.3 Å². The second kappa shape index (κ2) is 8.40. The van der Waals surface area contributed by atoms with E-state index < -0.39 is 0 Å². The number of aromatic nitrogens is 3. The Labute approximate surface area is 159 Å². The van der Waals surface area contributed by atoms with Crippen LogP contribution in [0.5, 0.6) is 0 Å². The molecule has 0 aliphatic heterocycles. The monoisotopic (exact) mass is 361 g/mol. The van der Waals surface area contributed by atoms with Gasteiger partial charge in [-0.3, -0.25) is 9.78 Å². The molecule has 3 rings (SSSR count). The lowest BCUT2D eigenvalue weighted by molar-refractivity contribution is 0.102. The molecule has 0 atom stereocenters. The molecule has 2 heterocycles. The Balaban J connectivity index is 1.60. The number of pyridine rings is 1. The van der Waals surface area contributed by atoms with Crippen LogP contribution in [0.1, 0.15) is 27.2 Å². The first-order chi connectivity index (χ1) is 13.0. The van der Waals surface area contributed by atoms with Gasteiger partial charge in [0.15, 0.2) is 11.5 Å². The Morgan fingerprint density at radius 2 is 1.78 bits per heavy atom. The molecule has 138 valence electrons. The van der Waals surface area contributed by atoms with Crippen LogP contribution in [0.25, 0.3) is 0 Å². The van der Waals surface area contributed by atoms with E-state index in [1.165, 1.54) is 11.1 Å². The molecule has 27 heavy (non-hydrogen) atoms. The van der Waals surface area contributed by atoms with Crippen molar-refractivity contribution in [2.75, 3.05) is 23.8 Å². The van der Waals surface area contributed by atoms with Gasteiger partial charge < -0.3 is 10.2 Å². The molecule has 3 aromatic rings. The number of hydrogen-bond acceptors (Lipinski definition) is 5. The molecule has 0 saturated heterocycles. The van der Waals surface area contributed by atoms with Crippen molar-refractivity contribution >= 4 is 17.4 Å². The maximum atomic E-state index is 12.4. The van der Waals surface area contributed by atoms with Crippen molar-refractivity contribution in [3.05, 3.63) is 77.2 Å². The summed E-state index contributed by atoms with van der Waals surface area (Å²) in [5, 5.41) is 11.1. The minimum Gasteiger partial charge on any atom is -0.358 e. The summed E-state index contributed by atoms with van der Waals surface area (Å²) in [6.07, 6.45) is 4.46. The zero-order valence-corrected chi connectivity index (χ0v) is 15.8. The average Bonchev–Trinajstić information content (AvgIpc) is 2.70. The first kappa shape index (κ1) is 18.5. The first-order valence-electron chi connectivity index (χ1n) is 8.85. The molecule has 0 aliphatic rings. The summed E-state index contributed by atoms with van der Waals surface area (Å²) in [6.45, 7) is 4.85. The highest BCUT2D eigenvalue weighted by atomic mass is 16.1. The maximum Gasteiger partial charge on any atom is 0.276 e. The number of benzene rings is 1. The minimum atomic E-state index is -0.267. The molecule has 0 bridgehead atoms. The second-order valence-electron chi connectivity index (χ2n) is 6.56. The van der Waals surface area contributed by atoms with Crippen LogP contribution >= 0.6 is 0 Å². The second-order valence-corrected chi connectivity index (χ2v) is 6.56. The van der Waals surface area contributed by atoms with Gasteiger partial charge >= 0.3 is 0 Å². The number of aryl methyl sites for hydroxylation is 2. The van der Waals surface area contributed by atoms with Crippen LogP contribution in [0.15, 0.2) is 54.9 Å². The van der Waals surface area contributed by atoms with Crippen molar-refractivity contribution < 1.29 is 4.79 Å². The summed E-state index contributed by atoms with van der Waals surface area (Å²) in [5.74, 6) is 0.462. The Morgan fingerprint density at radius 3 is 2.44 bits per heavy atom. The van der Waals surface area contributed by atoms with E-state index in [0.717, 1.165) is 30.0 Å². The predicted molar refractivity (Wildman–Crippen MR) is 107 cm³/mol. The highest BCUT2D eigenvalue weighted by molar-refractivity contribution is 6.02. The zero-order valence-electron chi connectivity index (χ0n) is 15.8. The number of rotatable bonds is 6. The number of amides is 1. The van der Waals surface area contributed by atoms with E-state index >= 15 is 0 Å². The number of carbonyl (C=O) groups is 1. The SMILES string of the molecule is Cc1ccc(NC(=O)c2ccc(N(C)CCc3ccncc3)nn2)cc1C. The third kappa shape index (κ3) is 4.88. The standard InChI is InChI=1S/C21H23N5O/c1-15-4-5-18(14-16(15)2)23-21(27)19-6-7-20(25-24-19)26(3)13-10-17-8-11-22-12-9-17/h4-9,11-12,14H,10,13H2,1-3H3,(H,23,27). The van der Waals surface area contributed by atoms with Gasteiger partial charge in [-0.2, -0.15) is 0 Å². The van der Waals surface area contributed by atoms with Gasteiger partial charge in [0.05, 0.1) is 0 Å². The molecule has 1 amide bonds. The van der Waals surface area contributed by atoms with Gasteiger partial charge in [0, 0.05) is 31.7 Å². The molecule has 0 spiro atoms. The summed E-state index contributed by atoms with van der Waals surface area (Å²) < 4.78 is 0. The van der Waals surface area contributed by atoms with E-state index in [1.807, 2.05) is 62.2 Å². The van der Waals surface area contributed by atoms with E-state index in [4.69, 9.17) is 0 Å². The van der Waals surface area contributed by atoms with Gasteiger partial charge in [-0.15, -0.1) is 10.2 Å². The van der Waals surface area contributed by atoms with E-state index in [1.54, 1.807) is 18.5 Å². The number of likely N-dealkylation sites (N-methyl/N-ethyl adjacent to an activating group) is 1. The van der Waals surface area contributed by atoms with Crippen LogP contribution in [0, 0.1) is 13.8 Å². The lowest BCUT2D eigenvalue weighted by Gasteiger charge is -2.17. The molecule has 1 aromatic carbocycles. The lowest BCUT2D eigenvalue weighted by Crippen LogP contribution is -2.22. The molecule has 6 nitrogen and oxygen atoms in total. The smallest absolute Gasteiger partial charge is 0.276 e. The molecule has 2 aromatic heterocycles. The fraction of sp³-hybridized carbons (Fsp3) is 0.238. The molecule has 0 radical (unpaired) electrons. The van der Waals surface area contributed by atoms with Crippen molar-refractivity contribution in [1.82, 2.24) is 15.2 Å². The third-order valence-electron chi connectivity index (χ3n) is 4.52. The molecule has 1 N–H and O–H groups in total. The van der Waals surface area contributed by atoms with Gasteiger partial charge in [-0.25, -0.2) is 0 Å². The molecule has 0 unspecified atom stereocenters. The molecule has 6 heteroatoms. The summed E-state index contributed by atoms with van der Waals surface area (Å²) >= 11 is 0. The maximum absolute atomic E-state index is 12.4. The van der Waals surface area contributed by atoms with Crippen LogP contribution in [-0.2, 0) is 6.42 Å². The van der Waals surface area contributed by atoms with Crippen LogP contribution < -0.4 is 10.2 Å². The molecule has 0 fully saturated rings. The Bertz CT molecular complexity index is 910. The Kier molecular flexibility index (Phi) is 5.76. The van der Waals surface area contributed by atoms with Crippen LogP contribution in [0.4, 0.5) is 11.5 Å². The van der Waals surface area contributed by atoms with E-state index in [-0.39, 0.29) is 5.91 Å². The largest absolute Gasteiger partial charge is 0.358 e. The third-order valence-corrected chi connectivity index (χ3v) is 4.52. The average molecular weight is 361 g/mol. The summed E-state index contributed by atoms with van der Waals surface area (Å²) in [4.78, 5) is 18.4. The van der Waals surface area contributed by atoms with Gasteiger partial charge in [0.1, 0.15) is 0 Å². The molecular weight excluding hydrogens is 338 g/mol.